The van der Waals surface area contributed by atoms with Gasteiger partial charge in [-0.1, -0.05) is 31.2 Å². The Bertz CT molecular complexity index is 702. The Morgan fingerprint density at radius 3 is 2.58 bits per heavy atom. The summed E-state index contributed by atoms with van der Waals surface area (Å²) in [4.78, 5) is 0. The van der Waals surface area contributed by atoms with E-state index in [9.17, 15) is 5.11 Å². The maximum Gasteiger partial charge on any atom is 0.175 e. The Balaban J connectivity index is 2.16. The second-order valence-corrected chi connectivity index (χ2v) is 7.08. The van der Waals surface area contributed by atoms with Gasteiger partial charge >= 0.3 is 0 Å². The second kappa shape index (κ2) is 10.6. The lowest BCUT2D eigenvalue weighted by Gasteiger charge is -2.18. The van der Waals surface area contributed by atoms with E-state index in [4.69, 9.17) is 9.47 Å². The molecule has 0 fully saturated rings. The number of aliphatic hydroxyl groups excluding tert-OH is 1. The van der Waals surface area contributed by atoms with Crippen LogP contribution in [-0.4, -0.2) is 24.4 Å². The number of aliphatic hydroxyl groups is 1. The van der Waals surface area contributed by atoms with Crippen molar-refractivity contribution in [2.75, 3.05) is 13.2 Å². The van der Waals surface area contributed by atoms with Crippen molar-refractivity contribution in [3.05, 3.63) is 57.6 Å². The number of nitrogens with one attached hydrogen (secondary N) is 1. The van der Waals surface area contributed by atoms with Gasteiger partial charge < -0.3 is 19.9 Å². The van der Waals surface area contributed by atoms with Crippen molar-refractivity contribution in [1.82, 2.24) is 5.32 Å². The molecule has 2 N–H and O–H groups in total. The maximum absolute atomic E-state index is 9.33. The predicted molar refractivity (Wildman–Crippen MR) is 109 cm³/mol. The molecule has 26 heavy (non-hydrogen) atoms. The van der Waals surface area contributed by atoms with E-state index in [1.165, 1.54) is 5.56 Å². The first-order valence-electron chi connectivity index (χ1n) is 9.05. The van der Waals surface area contributed by atoms with Crippen LogP contribution in [0, 0.1) is 6.92 Å². The molecule has 2 aromatic rings. The van der Waals surface area contributed by atoms with Crippen LogP contribution in [0.15, 0.2) is 40.9 Å². The molecular formula is C21H28BrNO3. The fourth-order valence-electron chi connectivity index (χ4n) is 2.65. The predicted octanol–water partition coefficient (Wildman–Crippen LogP) is 4.60. The van der Waals surface area contributed by atoms with Gasteiger partial charge in [-0.25, -0.2) is 0 Å². The van der Waals surface area contributed by atoms with Gasteiger partial charge in [-0.2, -0.15) is 0 Å². The van der Waals surface area contributed by atoms with E-state index < -0.39 is 0 Å². The standard InChI is InChI=1S/C21H28BrNO3/c1-4-18(13-24)23-12-16-10-19(22)21(20(11-16)25-5-2)26-14-17-9-7-6-8-15(17)3/h6-11,18,23-24H,4-5,12-14H2,1-3H3/t18-/m1/s1. The molecule has 0 heterocycles. The highest BCUT2D eigenvalue weighted by atomic mass is 79.9. The molecule has 1 atom stereocenters. The highest BCUT2D eigenvalue weighted by Gasteiger charge is 2.14. The van der Waals surface area contributed by atoms with E-state index >= 15 is 0 Å². The zero-order valence-electron chi connectivity index (χ0n) is 15.7. The molecule has 0 aliphatic rings. The van der Waals surface area contributed by atoms with E-state index in [-0.39, 0.29) is 12.6 Å². The van der Waals surface area contributed by atoms with Gasteiger partial charge in [0.15, 0.2) is 11.5 Å². The third-order valence-corrected chi connectivity index (χ3v) is 4.90. The third-order valence-electron chi connectivity index (χ3n) is 4.31. The summed E-state index contributed by atoms with van der Waals surface area (Å²) in [6.07, 6.45) is 0.883. The Morgan fingerprint density at radius 1 is 1.15 bits per heavy atom. The van der Waals surface area contributed by atoms with E-state index in [1.807, 2.05) is 31.2 Å². The summed E-state index contributed by atoms with van der Waals surface area (Å²) in [6, 6.07) is 12.3. The maximum atomic E-state index is 9.33. The van der Waals surface area contributed by atoms with Crippen molar-refractivity contribution in [3.63, 3.8) is 0 Å². The zero-order chi connectivity index (χ0) is 18.9. The van der Waals surface area contributed by atoms with Gasteiger partial charge in [-0.05, 0) is 65.0 Å². The van der Waals surface area contributed by atoms with Crippen LogP contribution in [0.5, 0.6) is 11.5 Å². The lowest BCUT2D eigenvalue weighted by atomic mass is 10.1. The quantitative estimate of drug-likeness (QED) is 0.588. The van der Waals surface area contributed by atoms with Crippen LogP contribution >= 0.6 is 15.9 Å². The van der Waals surface area contributed by atoms with Crippen molar-refractivity contribution >= 4 is 15.9 Å². The Kier molecular flexibility index (Phi) is 8.42. The van der Waals surface area contributed by atoms with Crippen LogP contribution in [-0.2, 0) is 13.2 Å². The number of ether oxygens (including phenoxy) is 2. The molecular weight excluding hydrogens is 394 g/mol. The molecule has 0 spiro atoms. The minimum atomic E-state index is 0.0984. The zero-order valence-corrected chi connectivity index (χ0v) is 17.3. The average molecular weight is 422 g/mol. The van der Waals surface area contributed by atoms with Crippen LogP contribution in [0.4, 0.5) is 0 Å². The van der Waals surface area contributed by atoms with E-state index in [1.54, 1.807) is 0 Å². The molecule has 0 aliphatic carbocycles. The number of rotatable bonds is 10. The van der Waals surface area contributed by atoms with Gasteiger partial charge in [0.25, 0.3) is 0 Å². The van der Waals surface area contributed by atoms with Gasteiger partial charge in [0.2, 0.25) is 0 Å². The molecule has 2 aromatic carbocycles. The normalized spacial score (nSPS) is 12.0. The highest BCUT2D eigenvalue weighted by Crippen LogP contribution is 2.37. The summed E-state index contributed by atoms with van der Waals surface area (Å²) >= 11 is 3.62. The first-order chi connectivity index (χ1) is 12.6. The average Bonchev–Trinajstić information content (AvgIpc) is 2.63. The number of hydrogen-bond donors (Lipinski definition) is 2. The molecule has 5 heteroatoms. The minimum absolute atomic E-state index is 0.0984. The molecule has 142 valence electrons. The van der Waals surface area contributed by atoms with Crippen molar-refractivity contribution in [3.8, 4) is 11.5 Å². The van der Waals surface area contributed by atoms with Crippen LogP contribution in [0.25, 0.3) is 0 Å². The lowest BCUT2D eigenvalue weighted by molar-refractivity contribution is 0.238. The SMILES string of the molecule is CCOc1cc(CN[C@H](CC)CO)cc(Br)c1OCc1ccccc1C. The minimum Gasteiger partial charge on any atom is -0.490 e. The Labute approximate surface area is 164 Å². The van der Waals surface area contributed by atoms with Crippen LogP contribution < -0.4 is 14.8 Å². The summed E-state index contributed by atoms with van der Waals surface area (Å²) < 4.78 is 12.7. The van der Waals surface area contributed by atoms with E-state index in [2.05, 4.69) is 47.2 Å². The van der Waals surface area contributed by atoms with Gasteiger partial charge in [0.05, 0.1) is 17.7 Å². The Morgan fingerprint density at radius 2 is 1.92 bits per heavy atom. The fourth-order valence-corrected chi connectivity index (χ4v) is 3.25. The molecule has 2 rings (SSSR count). The topological polar surface area (TPSA) is 50.7 Å². The summed E-state index contributed by atoms with van der Waals surface area (Å²) in [5.41, 5.74) is 3.44. The number of benzene rings is 2. The van der Waals surface area contributed by atoms with Crippen LogP contribution in [0.1, 0.15) is 37.0 Å². The fraction of sp³-hybridized carbons (Fsp3) is 0.429. The first-order valence-corrected chi connectivity index (χ1v) is 9.85. The smallest absolute Gasteiger partial charge is 0.175 e. The van der Waals surface area contributed by atoms with Crippen molar-refractivity contribution in [1.29, 1.82) is 0 Å². The second-order valence-electron chi connectivity index (χ2n) is 6.22. The monoisotopic (exact) mass is 421 g/mol. The molecule has 4 nitrogen and oxygen atoms in total. The molecule has 0 aliphatic heterocycles. The van der Waals surface area contributed by atoms with Gasteiger partial charge in [-0.3, -0.25) is 0 Å². The van der Waals surface area contributed by atoms with Crippen molar-refractivity contribution in [2.45, 2.75) is 46.4 Å². The summed E-state index contributed by atoms with van der Waals surface area (Å²) in [7, 11) is 0. The Hall–Kier alpha value is -1.56. The highest BCUT2D eigenvalue weighted by molar-refractivity contribution is 9.10. The summed E-state index contributed by atoms with van der Waals surface area (Å²) in [6.45, 7) is 7.95. The molecule has 0 amide bonds. The number of aryl methyl sites for hydroxylation is 1. The number of halogens is 1. The van der Waals surface area contributed by atoms with Gasteiger partial charge in [-0.15, -0.1) is 0 Å². The molecule has 0 unspecified atom stereocenters. The molecule has 0 radical (unpaired) electrons. The van der Waals surface area contributed by atoms with Gasteiger partial charge in [0, 0.05) is 12.6 Å². The van der Waals surface area contributed by atoms with Crippen molar-refractivity contribution in [2.24, 2.45) is 0 Å². The third kappa shape index (κ3) is 5.73. The number of hydrogen-bond acceptors (Lipinski definition) is 4. The summed E-state index contributed by atoms with van der Waals surface area (Å²) in [5.74, 6) is 1.44. The van der Waals surface area contributed by atoms with E-state index in [0.29, 0.717) is 25.5 Å². The lowest BCUT2D eigenvalue weighted by Crippen LogP contribution is -2.31. The van der Waals surface area contributed by atoms with E-state index in [0.717, 1.165) is 27.8 Å². The van der Waals surface area contributed by atoms with Crippen molar-refractivity contribution < 1.29 is 14.6 Å². The molecule has 0 saturated heterocycles. The van der Waals surface area contributed by atoms with Crippen LogP contribution in [0.3, 0.4) is 0 Å². The van der Waals surface area contributed by atoms with Gasteiger partial charge in [0.1, 0.15) is 6.61 Å². The molecule has 0 bridgehead atoms. The van der Waals surface area contributed by atoms with Crippen LogP contribution in [0.2, 0.25) is 0 Å². The first kappa shape index (κ1) is 20.7. The summed E-state index contributed by atoms with van der Waals surface area (Å²) in [5, 5.41) is 12.7. The molecule has 0 saturated carbocycles. The largest absolute Gasteiger partial charge is 0.490 e. The molecule has 0 aromatic heterocycles.